The molecule has 1 unspecified atom stereocenters. The Balaban J connectivity index is 1.36. The van der Waals surface area contributed by atoms with Gasteiger partial charge >= 0.3 is 3.93 Å². The van der Waals surface area contributed by atoms with Crippen molar-refractivity contribution in [2.24, 2.45) is 5.41 Å². The van der Waals surface area contributed by atoms with Gasteiger partial charge in [0.2, 0.25) is 10.0 Å². The molecular formula is C26H30F3IN6O4S2. The zero-order valence-corrected chi connectivity index (χ0v) is 26.5. The number of alkyl halides is 4. The molecule has 4 fully saturated rings. The van der Waals surface area contributed by atoms with Crippen molar-refractivity contribution in [1.29, 1.82) is 0 Å². The summed E-state index contributed by atoms with van der Waals surface area (Å²) in [6.07, 6.45) is 4.42. The maximum absolute atomic E-state index is 14.1. The van der Waals surface area contributed by atoms with E-state index >= 15 is 0 Å². The lowest BCUT2D eigenvalue weighted by Gasteiger charge is -2.41. The van der Waals surface area contributed by atoms with Gasteiger partial charge in [-0.2, -0.15) is 8.78 Å². The van der Waals surface area contributed by atoms with E-state index in [1.54, 1.807) is 10.5 Å². The van der Waals surface area contributed by atoms with E-state index in [9.17, 15) is 26.7 Å². The average molecular weight is 739 g/mol. The summed E-state index contributed by atoms with van der Waals surface area (Å²) in [4.78, 5) is 6.94. The number of piperidine rings is 1. The van der Waals surface area contributed by atoms with Crippen molar-refractivity contribution in [3.63, 3.8) is 0 Å². The number of ether oxygens (including phenoxy) is 1. The van der Waals surface area contributed by atoms with Crippen LogP contribution in [0.2, 0.25) is 0 Å². The van der Waals surface area contributed by atoms with Crippen LogP contribution < -0.4 is 9.62 Å². The molecule has 0 amide bonds. The maximum atomic E-state index is 14.1. The Kier molecular flexibility index (Phi) is 6.90. The third-order valence-corrected chi connectivity index (χ3v) is 12.5. The molecule has 2 saturated carbocycles. The SMILES string of the molecule is C[C@@H]1OCC2(CCN(c3cc(S(=O)(=O)NC4(CF)CC4)cn4c(-c5nnc(C(F)(F)I)s5)c(C5CC5)nc34)CC2)C1O. The highest BCUT2D eigenvalue weighted by atomic mass is 127. The van der Waals surface area contributed by atoms with Gasteiger partial charge in [0.15, 0.2) is 15.7 Å². The first kappa shape index (κ1) is 29.1. The molecule has 2 saturated heterocycles. The molecule has 42 heavy (non-hydrogen) atoms. The number of hydrogen-bond donors (Lipinski definition) is 2. The number of halogens is 4. The van der Waals surface area contributed by atoms with Gasteiger partial charge in [0.25, 0.3) is 0 Å². The summed E-state index contributed by atoms with van der Waals surface area (Å²) in [5, 5.41) is 18.4. The number of anilines is 1. The number of hydrogen-bond acceptors (Lipinski definition) is 9. The second-order valence-electron chi connectivity index (χ2n) is 12.1. The van der Waals surface area contributed by atoms with E-state index in [0.717, 1.165) is 46.8 Å². The van der Waals surface area contributed by atoms with Crippen molar-refractivity contribution < 1.29 is 31.4 Å². The first-order chi connectivity index (χ1) is 19.8. The fraction of sp³-hybridized carbons (Fsp3) is 0.654. The van der Waals surface area contributed by atoms with E-state index in [2.05, 4.69) is 19.8 Å². The number of nitrogens with zero attached hydrogens (tertiary/aromatic N) is 5. The Morgan fingerprint density at radius 1 is 1.24 bits per heavy atom. The fourth-order valence-electron chi connectivity index (χ4n) is 6.15. The molecule has 228 valence electrons. The summed E-state index contributed by atoms with van der Waals surface area (Å²) in [7, 11) is -4.15. The lowest BCUT2D eigenvalue weighted by molar-refractivity contribution is 0.0250. The van der Waals surface area contributed by atoms with Gasteiger partial charge in [-0.05, 0) is 51.5 Å². The summed E-state index contributed by atoms with van der Waals surface area (Å²) < 4.78 is 76.0. The average Bonchev–Trinajstić information content (AvgIpc) is 3.83. The van der Waals surface area contributed by atoms with Crippen LogP contribution in [0.3, 0.4) is 0 Å². The molecule has 0 aromatic carbocycles. The Hall–Kier alpha value is -1.60. The third-order valence-electron chi connectivity index (χ3n) is 9.11. The zero-order valence-electron chi connectivity index (χ0n) is 22.7. The Labute approximate surface area is 258 Å². The van der Waals surface area contributed by atoms with Crippen LogP contribution in [-0.2, 0) is 18.7 Å². The number of imidazole rings is 1. The standard InChI is InChI=1S/C26H30F3IN6O4S2/c1-14-20(37)24(13-40-14)6-8-35(9-7-24)17-10-16(42(38,39)34-25(12-27)4-5-25)11-36-19(18(15-2-3-15)31-21(17)36)22-32-33-23(41-22)26(28,29)30/h10-11,14-15,20,34,37H,2-9,12-13H2,1H3/t14-,20?/m0/s1. The van der Waals surface area contributed by atoms with Crippen LogP contribution in [0.15, 0.2) is 17.2 Å². The van der Waals surface area contributed by atoms with Gasteiger partial charge in [0.05, 0.1) is 35.7 Å². The summed E-state index contributed by atoms with van der Waals surface area (Å²) in [6, 6.07) is 1.56. The van der Waals surface area contributed by atoms with Crippen molar-refractivity contribution in [2.75, 3.05) is 31.3 Å². The van der Waals surface area contributed by atoms with Crippen LogP contribution in [-0.4, -0.2) is 77.2 Å². The second kappa shape index (κ2) is 9.95. The van der Waals surface area contributed by atoms with E-state index in [1.807, 2.05) is 6.92 Å². The van der Waals surface area contributed by atoms with Crippen LogP contribution in [0.5, 0.6) is 0 Å². The molecule has 2 atom stereocenters. The van der Waals surface area contributed by atoms with Gasteiger partial charge in [0.1, 0.15) is 17.3 Å². The summed E-state index contributed by atoms with van der Waals surface area (Å²) in [5.41, 5.74) is 0.702. The third kappa shape index (κ3) is 4.93. The van der Waals surface area contributed by atoms with Gasteiger partial charge in [-0.25, -0.2) is 22.5 Å². The lowest BCUT2D eigenvalue weighted by Crippen LogP contribution is -2.47. The van der Waals surface area contributed by atoms with Gasteiger partial charge in [-0.15, -0.1) is 10.2 Å². The number of aliphatic hydroxyl groups excluding tert-OH is 1. The smallest absolute Gasteiger partial charge is 0.349 e. The van der Waals surface area contributed by atoms with Crippen molar-refractivity contribution in [3.05, 3.63) is 23.0 Å². The molecule has 3 aromatic heterocycles. The number of rotatable bonds is 8. The monoisotopic (exact) mass is 738 g/mol. The molecule has 0 radical (unpaired) electrons. The number of fused-ring (bicyclic) bond motifs is 1. The van der Waals surface area contributed by atoms with Gasteiger partial charge in [0, 0.05) is 53.2 Å². The molecule has 2 aliphatic carbocycles. The normalized spacial score (nSPS) is 25.5. The number of sulfonamides is 1. The van der Waals surface area contributed by atoms with Gasteiger partial charge < -0.3 is 14.7 Å². The molecule has 2 aliphatic heterocycles. The second-order valence-corrected chi connectivity index (χ2v) is 16.1. The van der Waals surface area contributed by atoms with E-state index in [0.29, 0.717) is 68.1 Å². The fourth-order valence-corrected chi connectivity index (χ4v) is 8.81. The lowest BCUT2D eigenvalue weighted by atomic mass is 9.74. The first-order valence-corrected chi connectivity index (χ1v) is 17.3. The van der Waals surface area contributed by atoms with E-state index in [-0.39, 0.29) is 27.3 Å². The highest BCUT2D eigenvalue weighted by molar-refractivity contribution is 14.1. The predicted molar refractivity (Wildman–Crippen MR) is 158 cm³/mol. The van der Waals surface area contributed by atoms with Crippen LogP contribution >= 0.6 is 33.9 Å². The van der Waals surface area contributed by atoms with Crippen LogP contribution in [0.25, 0.3) is 16.3 Å². The molecule has 10 nitrogen and oxygen atoms in total. The van der Waals surface area contributed by atoms with E-state index in [1.165, 1.54) is 6.20 Å². The molecule has 2 N–H and O–H groups in total. The number of aliphatic hydroxyl groups is 1. The molecule has 3 aromatic rings. The molecule has 4 aliphatic rings. The molecule has 1 spiro atoms. The van der Waals surface area contributed by atoms with Crippen molar-refractivity contribution in [2.45, 2.75) is 77.9 Å². The molecule has 7 rings (SSSR count). The highest BCUT2D eigenvalue weighted by Gasteiger charge is 2.49. The number of nitrogens with one attached hydrogen (secondary N) is 1. The van der Waals surface area contributed by atoms with Gasteiger partial charge in [-0.3, -0.25) is 4.40 Å². The molecular weight excluding hydrogens is 708 g/mol. The quantitative estimate of drug-likeness (QED) is 0.259. The van der Waals surface area contributed by atoms with Gasteiger partial charge in [-0.1, -0.05) is 11.3 Å². The molecule has 0 bridgehead atoms. The maximum Gasteiger partial charge on any atom is 0.349 e. The minimum atomic E-state index is -4.15. The zero-order chi connectivity index (χ0) is 29.7. The molecule has 5 heterocycles. The Bertz CT molecular complexity index is 1640. The summed E-state index contributed by atoms with van der Waals surface area (Å²) >= 11 is 1.77. The number of pyridine rings is 1. The first-order valence-electron chi connectivity index (χ1n) is 14.0. The van der Waals surface area contributed by atoms with Crippen molar-refractivity contribution >= 4 is 55.3 Å². The Morgan fingerprint density at radius 3 is 2.50 bits per heavy atom. The predicted octanol–water partition coefficient (Wildman–Crippen LogP) is 4.36. The van der Waals surface area contributed by atoms with E-state index in [4.69, 9.17) is 9.72 Å². The Morgan fingerprint density at radius 2 is 1.95 bits per heavy atom. The van der Waals surface area contributed by atoms with E-state index < -0.39 is 37.3 Å². The minimum Gasteiger partial charge on any atom is -0.390 e. The molecule has 16 heteroatoms. The highest BCUT2D eigenvalue weighted by Crippen LogP contribution is 2.49. The van der Waals surface area contributed by atoms with Crippen LogP contribution in [0.4, 0.5) is 18.9 Å². The van der Waals surface area contributed by atoms with Crippen molar-refractivity contribution in [1.82, 2.24) is 24.3 Å². The largest absolute Gasteiger partial charge is 0.390 e. The van der Waals surface area contributed by atoms with Crippen LogP contribution in [0.1, 0.15) is 62.1 Å². The minimum absolute atomic E-state index is 0.0761. The summed E-state index contributed by atoms with van der Waals surface area (Å²) in [6.45, 7) is 2.57. The topological polar surface area (TPSA) is 122 Å². The van der Waals surface area contributed by atoms with Crippen molar-refractivity contribution in [3.8, 4) is 10.7 Å². The number of aromatic nitrogens is 4. The summed E-state index contributed by atoms with van der Waals surface area (Å²) in [5.74, 6) is 0.0940. The van der Waals surface area contributed by atoms with Crippen LogP contribution in [0, 0.1) is 5.41 Å².